The van der Waals surface area contributed by atoms with Gasteiger partial charge in [-0.25, -0.2) is 0 Å². The van der Waals surface area contributed by atoms with Crippen molar-refractivity contribution in [2.45, 2.75) is 6.54 Å². The number of aromatic nitrogens is 1. The van der Waals surface area contributed by atoms with Crippen LogP contribution in [0.1, 0.15) is 5.56 Å². The van der Waals surface area contributed by atoms with Crippen LogP contribution in [0.3, 0.4) is 0 Å². The maximum absolute atomic E-state index is 5.65. The first-order valence-corrected chi connectivity index (χ1v) is 4.53. The van der Waals surface area contributed by atoms with Gasteiger partial charge >= 0.3 is 0 Å². The predicted molar refractivity (Wildman–Crippen MR) is 56.4 cm³/mol. The number of hydrogen-bond acceptors (Lipinski definition) is 2. The monoisotopic (exact) mass is 183 g/mol. The van der Waals surface area contributed by atoms with Gasteiger partial charge in [-0.2, -0.15) is 0 Å². The molecule has 1 aromatic carbocycles. The fourth-order valence-corrected chi connectivity index (χ4v) is 1.44. The summed E-state index contributed by atoms with van der Waals surface area (Å²) in [5.74, 6) is 0. The molecule has 14 heavy (non-hydrogen) atoms. The Kier molecular flexibility index (Phi) is 2.56. The minimum absolute atomic E-state index is 0.541. The Morgan fingerprint density at radius 2 is 2.00 bits per heavy atom. The number of hydrogen-bond donors (Lipinski definition) is 1. The van der Waals surface area contributed by atoms with Gasteiger partial charge in [-0.1, -0.05) is 30.3 Å². The van der Waals surface area contributed by atoms with Crippen molar-refractivity contribution in [1.29, 1.82) is 0 Å². The van der Waals surface area contributed by atoms with E-state index in [2.05, 4.69) is 11.2 Å². The van der Waals surface area contributed by atoms with Crippen molar-refractivity contribution in [2.24, 2.45) is 5.73 Å². The van der Waals surface area contributed by atoms with Crippen LogP contribution < -0.4 is 5.73 Å². The molecule has 2 N–H and O–H groups in total. The van der Waals surface area contributed by atoms with Crippen LogP contribution in [0.5, 0.6) is 0 Å². The summed E-state index contributed by atoms with van der Waals surface area (Å²) >= 11 is 0. The van der Waals surface area contributed by atoms with Crippen LogP contribution in [0, 0.1) is 6.20 Å². The van der Waals surface area contributed by atoms with Crippen LogP contribution in [-0.2, 0) is 6.54 Å². The molecule has 0 fully saturated rings. The fraction of sp³-hybridized carbons (Fsp3) is 0.0833. The van der Waals surface area contributed by atoms with Crippen LogP contribution in [0.25, 0.3) is 11.1 Å². The van der Waals surface area contributed by atoms with Gasteiger partial charge in [0.05, 0.1) is 6.20 Å². The average molecular weight is 183 g/mol. The zero-order chi connectivity index (χ0) is 9.80. The van der Waals surface area contributed by atoms with Gasteiger partial charge in [0.15, 0.2) is 0 Å². The van der Waals surface area contributed by atoms with Gasteiger partial charge in [0.2, 0.25) is 0 Å². The number of pyridine rings is 1. The fourth-order valence-electron chi connectivity index (χ4n) is 1.44. The van der Waals surface area contributed by atoms with Gasteiger partial charge in [0.1, 0.15) is 0 Å². The highest BCUT2D eigenvalue weighted by Crippen LogP contribution is 2.21. The van der Waals surface area contributed by atoms with Crippen LogP contribution >= 0.6 is 0 Å². The van der Waals surface area contributed by atoms with Crippen molar-refractivity contribution in [2.75, 3.05) is 0 Å². The maximum atomic E-state index is 5.65. The third-order valence-electron chi connectivity index (χ3n) is 2.14. The molecule has 0 atom stereocenters. The van der Waals surface area contributed by atoms with Crippen LogP contribution in [0.15, 0.2) is 42.6 Å². The van der Waals surface area contributed by atoms with Gasteiger partial charge in [0.25, 0.3) is 0 Å². The number of rotatable bonds is 2. The maximum Gasteiger partial charge on any atom is 0.0970 e. The summed E-state index contributed by atoms with van der Waals surface area (Å²) in [6.07, 6.45) is 4.67. The van der Waals surface area contributed by atoms with Gasteiger partial charge in [-0.05, 0) is 17.2 Å². The molecule has 0 amide bonds. The summed E-state index contributed by atoms with van der Waals surface area (Å²) in [5, 5.41) is 0. The SMILES string of the molecule is NCc1ccccc1-c1[c]nccc1. The molecule has 2 nitrogen and oxygen atoms in total. The molecule has 1 heterocycles. The summed E-state index contributed by atoms with van der Waals surface area (Å²) < 4.78 is 0. The van der Waals surface area contributed by atoms with E-state index in [0.717, 1.165) is 16.7 Å². The molecular formula is C12H11N2. The van der Waals surface area contributed by atoms with Gasteiger partial charge in [-0.3, -0.25) is 4.98 Å². The Balaban J connectivity index is 2.51. The van der Waals surface area contributed by atoms with E-state index in [0.29, 0.717) is 6.54 Å². The highest BCUT2D eigenvalue weighted by molar-refractivity contribution is 5.65. The lowest BCUT2D eigenvalue weighted by atomic mass is 10.0. The predicted octanol–water partition coefficient (Wildman–Crippen LogP) is 2.01. The van der Waals surface area contributed by atoms with Crippen LogP contribution in [0.2, 0.25) is 0 Å². The van der Waals surface area contributed by atoms with E-state index in [1.165, 1.54) is 0 Å². The van der Waals surface area contributed by atoms with Crippen molar-refractivity contribution in [3.8, 4) is 11.1 Å². The summed E-state index contributed by atoms with van der Waals surface area (Å²) in [6.45, 7) is 0.541. The first-order chi connectivity index (χ1) is 6.92. The van der Waals surface area contributed by atoms with Crippen molar-refractivity contribution in [3.63, 3.8) is 0 Å². The van der Waals surface area contributed by atoms with E-state index in [9.17, 15) is 0 Å². The Morgan fingerprint density at radius 3 is 2.71 bits per heavy atom. The Hall–Kier alpha value is -1.67. The van der Waals surface area contributed by atoms with Gasteiger partial charge in [-0.15, -0.1) is 0 Å². The smallest absolute Gasteiger partial charge is 0.0970 e. The van der Waals surface area contributed by atoms with Crippen LogP contribution in [-0.4, -0.2) is 4.98 Å². The zero-order valence-electron chi connectivity index (χ0n) is 7.77. The summed E-state index contributed by atoms with van der Waals surface area (Å²) in [6, 6.07) is 11.9. The van der Waals surface area contributed by atoms with Crippen molar-refractivity contribution in [1.82, 2.24) is 4.98 Å². The average Bonchev–Trinajstić information content (AvgIpc) is 2.30. The second-order valence-electron chi connectivity index (χ2n) is 3.02. The number of nitrogens with zero attached hydrogens (tertiary/aromatic N) is 1. The molecule has 0 aliphatic rings. The molecule has 2 rings (SSSR count). The van der Waals surface area contributed by atoms with E-state index in [-0.39, 0.29) is 0 Å². The van der Waals surface area contributed by atoms with Crippen LogP contribution in [0.4, 0.5) is 0 Å². The third-order valence-corrected chi connectivity index (χ3v) is 2.14. The Bertz CT molecular complexity index is 410. The molecule has 69 valence electrons. The molecule has 1 aromatic heterocycles. The van der Waals surface area contributed by atoms with E-state index in [4.69, 9.17) is 5.73 Å². The number of benzene rings is 1. The second kappa shape index (κ2) is 4.03. The summed E-state index contributed by atoms with van der Waals surface area (Å²) in [7, 11) is 0. The lowest BCUT2D eigenvalue weighted by Crippen LogP contribution is -1.98. The lowest BCUT2D eigenvalue weighted by molar-refractivity contribution is 1.07. The Labute approximate surface area is 83.4 Å². The van der Waals surface area contributed by atoms with Crippen molar-refractivity contribution >= 4 is 0 Å². The quantitative estimate of drug-likeness (QED) is 0.773. The minimum Gasteiger partial charge on any atom is -0.326 e. The molecule has 0 unspecified atom stereocenters. The van der Waals surface area contributed by atoms with E-state index in [1.807, 2.05) is 36.4 Å². The van der Waals surface area contributed by atoms with E-state index in [1.54, 1.807) is 6.20 Å². The molecule has 1 radical (unpaired) electrons. The molecule has 0 aliphatic heterocycles. The topological polar surface area (TPSA) is 38.9 Å². The summed E-state index contributed by atoms with van der Waals surface area (Å²) in [4.78, 5) is 3.97. The number of nitrogens with two attached hydrogens (primary N) is 1. The molecule has 2 heteroatoms. The lowest BCUT2D eigenvalue weighted by Gasteiger charge is -2.05. The second-order valence-corrected chi connectivity index (χ2v) is 3.02. The Morgan fingerprint density at radius 1 is 1.14 bits per heavy atom. The van der Waals surface area contributed by atoms with Gasteiger partial charge in [0, 0.05) is 18.3 Å². The molecule has 0 saturated heterocycles. The molecule has 0 aliphatic carbocycles. The van der Waals surface area contributed by atoms with E-state index < -0.39 is 0 Å². The standard InChI is InChI=1S/C12H11N2/c13-8-10-4-1-2-6-12(10)11-5-3-7-14-9-11/h1-7H,8,13H2. The highest BCUT2D eigenvalue weighted by Gasteiger charge is 2.02. The molecule has 0 bridgehead atoms. The summed E-state index contributed by atoms with van der Waals surface area (Å²) in [5.41, 5.74) is 8.88. The molecule has 0 spiro atoms. The first kappa shape index (κ1) is 8.91. The normalized spacial score (nSPS) is 10.1. The molecular weight excluding hydrogens is 172 g/mol. The highest BCUT2D eigenvalue weighted by atomic mass is 14.6. The van der Waals surface area contributed by atoms with E-state index >= 15 is 0 Å². The van der Waals surface area contributed by atoms with Crippen molar-refractivity contribution < 1.29 is 0 Å². The van der Waals surface area contributed by atoms with Crippen molar-refractivity contribution in [3.05, 3.63) is 54.4 Å². The van der Waals surface area contributed by atoms with Gasteiger partial charge < -0.3 is 5.73 Å². The zero-order valence-corrected chi connectivity index (χ0v) is 7.77. The first-order valence-electron chi connectivity index (χ1n) is 4.53. The minimum atomic E-state index is 0.541. The molecule has 2 aromatic rings. The largest absolute Gasteiger partial charge is 0.326 e. The third kappa shape index (κ3) is 1.65. The molecule has 0 saturated carbocycles.